The third kappa shape index (κ3) is 337. The van der Waals surface area contributed by atoms with E-state index < -0.39 is 24.1 Å². The van der Waals surface area contributed by atoms with Gasteiger partial charge in [-0.05, 0) is 0 Å². The molecule has 0 aromatic rings. The van der Waals surface area contributed by atoms with Crippen LogP contribution in [0.15, 0.2) is 0 Å². The maximum atomic E-state index is 8.58. The Hall–Kier alpha value is 1.40. The van der Waals surface area contributed by atoms with Gasteiger partial charge in [0.15, 0.2) is 0 Å². The molecule has 0 heterocycles. The average molecular weight is 611 g/mol. The molecule has 0 aliphatic heterocycles. The zero-order valence-electron chi connectivity index (χ0n) is 4.45. The van der Waals surface area contributed by atoms with Gasteiger partial charge in [-0.15, -0.1) is 0 Å². The predicted octanol–water partition coefficient (Wildman–Crippen LogP) is -6.52. The van der Waals surface area contributed by atoms with Crippen LogP contribution < -0.4 is 17.9 Å². The minimum atomic E-state index is -4.08. The van der Waals surface area contributed by atoms with Crippen LogP contribution in [0.25, 0.3) is 0 Å². The summed E-state index contributed by atoms with van der Waals surface area (Å²) in [6, 6.07) is 0. The van der Waals surface area contributed by atoms with E-state index in [0.717, 1.165) is 0 Å². The summed E-state index contributed by atoms with van der Waals surface area (Å²) >= 11 is -4.08. The molecule has 0 saturated carbocycles. The molecule has 10 heteroatoms. The van der Waals surface area contributed by atoms with E-state index >= 15 is 0 Å². The van der Waals surface area contributed by atoms with Gasteiger partial charge in [0, 0.05) is 9.17 Å². The zero-order valence-corrected chi connectivity index (χ0v) is 15.3. The van der Waals surface area contributed by atoms with E-state index in [1.165, 1.54) is 0 Å². The Bertz CT molecular complexity index is 73.7. The van der Waals surface area contributed by atoms with Crippen LogP contribution in [0.2, 0.25) is 0 Å². The van der Waals surface area contributed by atoms with E-state index in [-0.39, 0.29) is 54.6 Å². The van der Waals surface area contributed by atoms with E-state index in [1.807, 2.05) is 0 Å². The fourth-order valence-corrected chi connectivity index (χ4v) is 0. The molecule has 52 valence electrons. The Balaban J connectivity index is -0.0000000300. The average Bonchev–Trinajstić information content (AvgIpc) is 1.25. The third-order valence-corrected chi connectivity index (χ3v) is 0. The third-order valence-electron chi connectivity index (χ3n) is 0. The molecular formula is GeO6Pb2Si. The second-order valence-corrected chi connectivity index (χ2v) is 2.05. The summed E-state index contributed by atoms with van der Waals surface area (Å²) in [5.74, 6) is 0. The molecule has 0 aliphatic carbocycles. The van der Waals surface area contributed by atoms with Gasteiger partial charge in [-0.25, -0.2) is 0 Å². The topological polar surface area (TPSA) is 126 Å². The smallest absolute Gasteiger partial charge is 2.00 e. The number of rotatable bonds is 0. The fourth-order valence-electron chi connectivity index (χ4n) is 0. The van der Waals surface area contributed by atoms with E-state index in [4.69, 9.17) is 26.1 Å². The molecule has 0 unspecified atom stereocenters. The van der Waals surface area contributed by atoms with Crippen LogP contribution in [0, 0.1) is 0 Å². The summed E-state index contributed by atoms with van der Waals surface area (Å²) in [4.78, 5) is 17.0. The molecule has 0 fully saturated rings. The van der Waals surface area contributed by atoms with Gasteiger partial charge in [0.05, 0.1) is 0 Å². The predicted molar refractivity (Wildman–Crippen MR) is 24.4 cm³/mol. The van der Waals surface area contributed by atoms with Crippen LogP contribution in [0.3, 0.4) is 0 Å². The second kappa shape index (κ2) is 16.8. The Morgan fingerprint density at radius 3 is 1.10 bits per heavy atom. The molecule has 0 amide bonds. The molecule has 6 nitrogen and oxygen atoms in total. The number of hydrogen-bond acceptors (Lipinski definition) is 6. The minimum Gasteiger partial charge on any atom is 2.00 e. The van der Waals surface area contributed by atoms with E-state index in [2.05, 4.69) is 0 Å². The number of hydrogen-bond donors (Lipinski definition) is 0. The van der Waals surface area contributed by atoms with Gasteiger partial charge in [-0.2, -0.15) is 0 Å². The van der Waals surface area contributed by atoms with Gasteiger partial charge in [-0.3, -0.25) is 0 Å². The normalized spacial score (nSPS) is 4.80. The maximum Gasteiger partial charge on any atom is 2.00 e. The van der Waals surface area contributed by atoms with Crippen LogP contribution in [-0.2, 0) is 8.24 Å². The van der Waals surface area contributed by atoms with Crippen molar-refractivity contribution in [2.45, 2.75) is 0 Å². The van der Waals surface area contributed by atoms with Crippen molar-refractivity contribution in [2.24, 2.45) is 0 Å². The van der Waals surface area contributed by atoms with Crippen molar-refractivity contribution >= 4 is 78.7 Å². The largest absolute Gasteiger partial charge is 2.00 e. The maximum absolute atomic E-state index is 8.58. The molecule has 0 saturated heterocycles. The first-order valence-corrected chi connectivity index (χ1v) is 5.02. The van der Waals surface area contributed by atoms with Crippen molar-refractivity contribution in [1.82, 2.24) is 0 Å². The van der Waals surface area contributed by atoms with Crippen molar-refractivity contribution in [3.8, 4) is 0 Å². The van der Waals surface area contributed by atoms with Gasteiger partial charge in [0.1, 0.15) is 0 Å². The first-order chi connectivity index (χ1) is 3.46. The van der Waals surface area contributed by atoms with Gasteiger partial charge in [-0.1, -0.05) is 0 Å². The van der Waals surface area contributed by atoms with Crippen molar-refractivity contribution < 1.29 is 26.1 Å². The van der Waals surface area contributed by atoms with Crippen molar-refractivity contribution in [2.75, 3.05) is 0 Å². The first-order valence-electron chi connectivity index (χ1n) is 1.22. The SMILES string of the molecule is O=[Si]([O-])[O-].[O]=[Ge]([O-])[O-].[Pb+2].[Pb+2]. The molecule has 0 aromatic heterocycles. The van der Waals surface area contributed by atoms with Crippen molar-refractivity contribution in [3.63, 3.8) is 0 Å². The monoisotopic (exact) mass is 614 g/mol. The fraction of sp³-hybridized carbons (Fsp3) is 0. The van der Waals surface area contributed by atoms with Crippen LogP contribution in [-0.4, -0.2) is 78.7 Å². The van der Waals surface area contributed by atoms with Gasteiger partial charge in [0.25, 0.3) is 0 Å². The molecule has 0 rings (SSSR count). The zero-order chi connectivity index (χ0) is 7.15. The summed E-state index contributed by atoms with van der Waals surface area (Å²) in [5.41, 5.74) is 0. The van der Waals surface area contributed by atoms with Crippen LogP contribution in [0.1, 0.15) is 0 Å². The van der Waals surface area contributed by atoms with Crippen LogP contribution in [0.4, 0.5) is 0 Å². The Kier molecular flexibility index (Phi) is 37.8. The standard InChI is InChI=1S/GeO3.O3Si.2Pb/c2-1(3)4;1-4(2)3;;/q2*-2;2*+2. The van der Waals surface area contributed by atoms with E-state index in [0.29, 0.717) is 0 Å². The quantitative estimate of drug-likeness (QED) is 0.251. The van der Waals surface area contributed by atoms with Crippen molar-refractivity contribution in [3.05, 3.63) is 0 Å². The Morgan fingerprint density at radius 2 is 1.10 bits per heavy atom. The Morgan fingerprint density at radius 1 is 1.10 bits per heavy atom. The molecule has 4 radical (unpaired) electrons. The van der Waals surface area contributed by atoms with E-state index in [9.17, 15) is 0 Å². The van der Waals surface area contributed by atoms with Crippen LogP contribution >= 0.6 is 0 Å². The van der Waals surface area contributed by atoms with Crippen LogP contribution in [0.5, 0.6) is 0 Å². The minimum absolute atomic E-state index is 0. The molecule has 0 spiro atoms. The van der Waals surface area contributed by atoms with Crippen molar-refractivity contribution in [1.29, 1.82) is 0 Å². The summed E-state index contributed by atoms with van der Waals surface area (Å²) < 4.78 is 34.3. The second-order valence-electron chi connectivity index (χ2n) is 0.500. The molecule has 0 N–H and O–H groups in total. The molecule has 0 aromatic carbocycles. The molecule has 0 atom stereocenters. The molecule has 0 aliphatic rings. The summed E-state index contributed by atoms with van der Waals surface area (Å²) in [6.45, 7) is 0. The molecule has 0 bridgehead atoms. The van der Waals surface area contributed by atoms with E-state index in [1.54, 1.807) is 0 Å². The summed E-state index contributed by atoms with van der Waals surface area (Å²) in [7, 11) is -3.63. The van der Waals surface area contributed by atoms with Gasteiger partial charge < -0.3 is 14.1 Å². The first kappa shape index (κ1) is 22.5. The molecule has 10 heavy (non-hydrogen) atoms. The van der Waals surface area contributed by atoms with Gasteiger partial charge >= 0.3 is 81.6 Å². The molecular weight excluding hydrogens is 611 g/mol. The summed E-state index contributed by atoms with van der Waals surface area (Å²) in [6.07, 6.45) is 0. The Labute approximate surface area is 103 Å². The van der Waals surface area contributed by atoms with Gasteiger partial charge in [0.2, 0.25) is 0 Å². The summed E-state index contributed by atoms with van der Waals surface area (Å²) in [5, 5.41) is 0.